The lowest BCUT2D eigenvalue weighted by Gasteiger charge is -2.15. The van der Waals surface area contributed by atoms with Gasteiger partial charge in [0, 0.05) is 55.3 Å². The van der Waals surface area contributed by atoms with E-state index in [1.165, 1.54) is 13.2 Å². The molecule has 30 heavy (non-hydrogen) atoms. The first-order valence-electron chi connectivity index (χ1n) is 9.67. The summed E-state index contributed by atoms with van der Waals surface area (Å²) in [5, 5.41) is 8.95. The van der Waals surface area contributed by atoms with E-state index in [0.717, 1.165) is 23.4 Å². The van der Waals surface area contributed by atoms with E-state index in [1.807, 2.05) is 63.0 Å². The van der Waals surface area contributed by atoms with Crippen molar-refractivity contribution >= 4 is 0 Å². The molecule has 7 heteroatoms. The fourth-order valence-corrected chi connectivity index (χ4v) is 3.49. The molecule has 0 aliphatic carbocycles. The van der Waals surface area contributed by atoms with E-state index in [0.29, 0.717) is 23.6 Å². The number of rotatable bonds is 7. The van der Waals surface area contributed by atoms with Gasteiger partial charge in [0.2, 0.25) is 0 Å². The van der Waals surface area contributed by atoms with Gasteiger partial charge in [-0.2, -0.15) is 10.2 Å². The van der Waals surface area contributed by atoms with Crippen LogP contribution in [0, 0.1) is 5.82 Å². The van der Waals surface area contributed by atoms with E-state index < -0.39 is 0 Å². The molecular weight excluding hydrogens is 381 g/mol. The number of para-hydroxylation sites is 1. The van der Waals surface area contributed by atoms with E-state index in [1.54, 1.807) is 21.5 Å². The molecule has 2 aromatic heterocycles. The Morgan fingerprint density at radius 3 is 2.53 bits per heavy atom. The van der Waals surface area contributed by atoms with Crippen molar-refractivity contribution in [1.29, 1.82) is 0 Å². The summed E-state index contributed by atoms with van der Waals surface area (Å²) in [5.74, 6) is 0.123. The average Bonchev–Trinajstić information content (AvgIpc) is 3.34. The molecule has 0 fully saturated rings. The molecule has 0 saturated heterocycles. The normalized spacial score (nSPS) is 11.2. The van der Waals surface area contributed by atoms with Crippen molar-refractivity contribution in [3.63, 3.8) is 0 Å². The molecule has 154 valence electrons. The van der Waals surface area contributed by atoms with Crippen molar-refractivity contribution in [3.8, 4) is 22.7 Å². The van der Waals surface area contributed by atoms with Crippen LogP contribution in [0.2, 0.25) is 0 Å². The number of methoxy groups -OCH3 is 1. The molecule has 0 bridgehead atoms. The number of benzene rings is 2. The zero-order chi connectivity index (χ0) is 21.1. The van der Waals surface area contributed by atoms with Crippen LogP contribution in [-0.2, 0) is 20.1 Å². The summed E-state index contributed by atoms with van der Waals surface area (Å²) in [4.78, 5) is 2.16. The molecule has 0 spiro atoms. The molecule has 0 saturated carbocycles. The Labute approximate surface area is 175 Å². The Morgan fingerprint density at radius 1 is 1.07 bits per heavy atom. The predicted octanol–water partition coefficient (Wildman–Crippen LogP) is 4.05. The van der Waals surface area contributed by atoms with E-state index >= 15 is 0 Å². The van der Waals surface area contributed by atoms with Gasteiger partial charge < -0.3 is 4.74 Å². The number of aryl methyl sites for hydroxylation is 1. The maximum absolute atomic E-state index is 14.8. The molecule has 0 N–H and O–H groups in total. The second-order valence-electron chi connectivity index (χ2n) is 7.32. The molecule has 2 aromatic carbocycles. The number of ether oxygens (including phenoxy) is 1. The number of hydrogen-bond acceptors (Lipinski definition) is 4. The van der Waals surface area contributed by atoms with Crippen LogP contribution in [-0.4, -0.2) is 38.6 Å². The van der Waals surface area contributed by atoms with Crippen molar-refractivity contribution in [2.24, 2.45) is 7.05 Å². The lowest BCUT2D eigenvalue weighted by Crippen LogP contribution is -2.17. The van der Waals surface area contributed by atoms with Crippen LogP contribution in [0.5, 0.6) is 5.75 Å². The molecular formula is C23H24FN5O. The fraction of sp³-hybridized carbons (Fsp3) is 0.217. The van der Waals surface area contributed by atoms with Crippen molar-refractivity contribution in [2.45, 2.75) is 13.1 Å². The zero-order valence-corrected chi connectivity index (χ0v) is 17.3. The van der Waals surface area contributed by atoms with E-state index in [2.05, 4.69) is 10.00 Å². The summed E-state index contributed by atoms with van der Waals surface area (Å²) < 4.78 is 23.6. The summed E-state index contributed by atoms with van der Waals surface area (Å²) in [6, 6.07) is 14.7. The van der Waals surface area contributed by atoms with Crippen LogP contribution >= 0.6 is 0 Å². The standard InChI is InChI=1S/C23H24FN5O/c1-27(13-17-12-25-28(2)14-17)15-18-16-29(19-7-5-4-6-8-19)26-23(18)21-10-9-20(30-3)11-22(21)24/h4-12,14,16H,13,15H2,1-3H3. The highest BCUT2D eigenvalue weighted by Gasteiger charge is 2.18. The largest absolute Gasteiger partial charge is 0.497 e. The van der Waals surface area contributed by atoms with Gasteiger partial charge in [0.1, 0.15) is 17.3 Å². The molecule has 0 aliphatic heterocycles. The number of aromatic nitrogens is 4. The highest BCUT2D eigenvalue weighted by Crippen LogP contribution is 2.29. The Kier molecular flexibility index (Phi) is 5.63. The van der Waals surface area contributed by atoms with Gasteiger partial charge in [-0.25, -0.2) is 9.07 Å². The number of nitrogens with zero attached hydrogens (tertiary/aromatic N) is 5. The average molecular weight is 405 g/mol. The minimum atomic E-state index is -0.358. The summed E-state index contributed by atoms with van der Waals surface area (Å²) in [6.45, 7) is 1.34. The summed E-state index contributed by atoms with van der Waals surface area (Å²) in [5.41, 5.74) is 4.06. The molecule has 4 aromatic rings. The minimum Gasteiger partial charge on any atom is -0.497 e. The van der Waals surface area contributed by atoms with Gasteiger partial charge >= 0.3 is 0 Å². The summed E-state index contributed by atoms with van der Waals surface area (Å²) in [6.07, 6.45) is 5.82. The molecule has 0 atom stereocenters. The van der Waals surface area contributed by atoms with E-state index in [9.17, 15) is 4.39 Å². The number of halogens is 1. The first kappa shape index (κ1) is 19.8. The molecule has 0 amide bonds. The highest BCUT2D eigenvalue weighted by atomic mass is 19.1. The second kappa shape index (κ2) is 8.51. The molecule has 2 heterocycles. The lowest BCUT2D eigenvalue weighted by atomic mass is 10.1. The SMILES string of the molecule is COc1ccc(-c2nn(-c3ccccc3)cc2CN(C)Cc2cnn(C)c2)c(F)c1. The van der Waals surface area contributed by atoms with Gasteiger partial charge in [0.15, 0.2) is 0 Å². The van der Waals surface area contributed by atoms with E-state index in [4.69, 9.17) is 9.84 Å². The quantitative estimate of drug-likeness (QED) is 0.465. The first-order valence-corrected chi connectivity index (χ1v) is 9.67. The number of hydrogen-bond donors (Lipinski definition) is 0. The van der Waals surface area contributed by atoms with Gasteiger partial charge in [-0.05, 0) is 31.3 Å². The minimum absolute atomic E-state index is 0.358. The molecule has 4 rings (SSSR count). The fourth-order valence-electron chi connectivity index (χ4n) is 3.49. The van der Waals surface area contributed by atoms with Gasteiger partial charge in [-0.15, -0.1) is 0 Å². The van der Waals surface area contributed by atoms with Crippen LogP contribution in [0.1, 0.15) is 11.1 Å². The maximum Gasteiger partial charge on any atom is 0.136 e. The Hall–Kier alpha value is -3.45. The van der Waals surface area contributed by atoms with Gasteiger partial charge in [-0.3, -0.25) is 9.58 Å². The van der Waals surface area contributed by atoms with Gasteiger partial charge in [-0.1, -0.05) is 18.2 Å². The Balaban J connectivity index is 1.69. The predicted molar refractivity (Wildman–Crippen MR) is 114 cm³/mol. The highest BCUT2D eigenvalue weighted by molar-refractivity contribution is 5.65. The van der Waals surface area contributed by atoms with Crippen LogP contribution in [0.25, 0.3) is 16.9 Å². The summed E-state index contributed by atoms with van der Waals surface area (Å²) >= 11 is 0. The smallest absolute Gasteiger partial charge is 0.136 e. The van der Waals surface area contributed by atoms with Crippen molar-refractivity contribution in [2.75, 3.05) is 14.2 Å². The summed E-state index contributed by atoms with van der Waals surface area (Å²) in [7, 11) is 5.45. The monoisotopic (exact) mass is 405 g/mol. The Morgan fingerprint density at radius 2 is 1.87 bits per heavy atom. The zero-order valence-electron chi connectivity index (χ0n) is 17.3. The van der Waals surface area contributed by atoms with Crippen LogP contribution in [0.3, 0.4) is 0 Å². The van der Waals surface area contributed by atoms with Crippen LogP contribution in [0.4, 0.5) is 4.39 Å². The van der Waals surface area contributed by atoms with E-state index in [-0.39, 0.29) is 5.82 Å². The first-order chi connectivity index (χ1) is 14.5. The van der Waals surface area contributed by atoms with Crippen LogP contribution < -0.4 is 4.74 Å². The molecule has 6 nitrogen and oxygen atoms in total. The Bertz CT molecular complexity index is 1140. The third kappa shape index (κ3) is 4.26. The van der Waals surface area contributed by atoms with Crippen molar-refractivity contribution in [1.82, 2.24) is 24.5 Å². The molecule has 0 aliphatic rings. The lowest BCUT2D eigenvalue weighted by molar-refractivity contribution is 0.319. The molecule has 0 unspecified atom stereocenters. The van der Waals surface area contributed by atoms with Gasteiger partial charge in [0.05, 0.1) is 19.0 Å². The third-order valence-electron chi connectivity index (χ3n) is 4.89. The van der Waals surface area contributed by atoms with Crippen LogP contribution in [0.15, 0.2) is 67.1 Å². The van der Waals surface area contributed by atoms with Gasteiger partial charge in [0.25, 0.3) is 0 Å². The maximum atomic E-state index is 14.8. The van der Waals surface area contributed by atoms with Crippen molar-refractivity contribution < 1.29 is 9.13 Å². The molecule has 0 radical (unpaired) electrons. The van der Waals surface area contributed by atoms with Crippen molar-refractivity contribution in [3.05, 3.63) is 84.1 Å². The second-order valence-corrected chi connectivity index (χ2v) is 7.32. The topological polar surface area (TPSA) is 48.1 Å². The third-order valence-corrected chi connectivity index (χ3v) is 4.89.